The first kappa shape index (κ1) is 13.6. The van der Waals surface area contributed by atoms with E-state index >= 15 is 0 Å². The molecular weight excluding hydrogens is 228 g/mol. The minimum absolute atomic E-state index is 0.0434. The van der Waals surface area contributed by atoms with E-state index in [9.17, 15) is 5.11 Å². The molecule has 1 heterocycles. The van der Waals surface area contributed by atoms with Crippen molar-refractivity contribution < 1.29 is 14.6 Å². The van der Waals surface area contributed by atoms with Crippen molar-refractivity contribution in [3.8, 4) is 12.3 Å². The third kappa shape index (κ3) is 1.72. The molecule has 3 nitrogen and oxygen atoms in total. The van der Waals surface area contributed by atoms with Crippen LogP contribution < -0.4 is 0 Å². The molecule has 0 aromatic carbocycles. The highest BCUT2D eigenvalue weighted by atomic mass is 16.8. The minimum atomic E-state index is -1.24. The van der Waals surface area contributed by atoms with Crippen LogP contribution in [0.1, 0.15) is 41.0 Å². The Balaban J connectivity index is 2.45. The number of terminal acetylenes is 1. The summed E-state index contributed by atoms with van der Waals surface area (Å²) in [5.74, 6) is 1.78. The van der Waals surface area contributed by atoms with Crippen molar-refractivity contribution in [1.82, 2.24) is 0 Å². The molecule has 0 radical (unpaired) electrons. The Labute approximate surface area is 109 Å². The molecule has 1 saturated heterocycles. The van der Waals surface area contributed by atoms with Crippen LogP contribution in [-0.4, -0.2) is 28.7 Å². The van der Waals surface area contributed by atoms with E-state index in [-0.39, 0.29) is 12.2 Å². The summed E-state index contributed by atoms with van der Waals surface area (Å²) in [6.45, 7) is 9.73. The molecule has 0 aromatic rings. The van der Waals surface area contributed by atoms with Gasteiger partial charge < -0.3 is 14.6 Å². The van der Waals surface area contributed by atoms with Gasteiger partial charge in [-0.2, -0.15) is 0 Å². The minimum Gasteiger partial charge on any atom is -0.373 e. The van der Waals surface area contributed by atoms with Crippen LogP contribution in [0.4, 0.5) is 0 Å². The lowest BCUT2D eigenvalue weighted by atomic mass is 9.64. The lowest BCUT2D eigenvalue weighted by Crippen LogP contribution is -2.53. The van der Waals surface area contributed by atoms with E-state index in [1.165, 1.54) is 0 Å². The molecule has 100 valence electrons. The molecule has 0 amide bonds. The van der Waals surface area contributed by atoms with Gasteiger partial charge in [0.1, 0.15) is 0 Å². The van der Waals surface area contributed by atoms with Crippen LogP contribution in [0, 0.1) is 17.8 Å². The second-order valence-corrected chi connectivity index (χ2v) is 6.20. The second-order valence-electron chi connectivity index (χ2n) is 6.20. The Morgan fingerprint density at radius 2 is 1.83 bits per heavy atom. The molecule has 1 aliphatic carbocycles. The quantitative estimate of drug-likeness (QED) is 0.529. The Morgan fingerprint density at radius 1 is 1.33 bits per heavy atom. The SMILES string of the molecule is C#C[C@]1(O)C(C)=CC2(CC1(C)C)O[C@H](C)[C@@H](C)O2. The summed E-state index contributed by atoms with van der Waals surface area (Å²) >= 11 is 0. The highest BCUT2D eigenvalue weighted by molar-refractivity contribution is 5.37. The molecule has 1 spiro atoms. The molecular formula is C15H22O3. The number of aliphatic hydroxyl groups is 1. The van der Waals surface area contributed by atoms with Crippen molar-refractivity contribution in [1.29, 1.82) is 0 Å². The molecule has 3 atom stereocenters. The summed E-state index contributed by atoms with van der Waals surface area (Å²) in [6, 6.07) is 0. The highest BCUT2D eigenvalue weighted by Crippen LogP contribution is 2.51. The van der Waals surface area contributed by atoms with Gasteiger partial charge in [0, 0.05) is 11.8 Å². The standard InChI is InChI=1S/C15H22O3/c1-7-15(16)10(2)8-14(9-13(15,5)6)17-11(3)12(4)18-14/h1,8,11-12,16H,9H2,2-6H3/t11-,12-,15+/m1/s1. The molecule has 1 fully saturated rings. The lowest BCUT2D eigenvalue weighted by Gasteiger charge is -2.48. The molecule has 1 N–H and O–H groups in total. The molecule has 18 heavy (non-hydrogen) atoms. The first-order valence-corrected chi connectivity index (χ1v) is 6.41. The average Bonchev–Trinajstić information content (AvgIpc) is 2.49. The van der Waals surface area contributed by atoms with Crippen LogP contribution in [0.2, 0.25) is 0 Å². The van der Waals surface area contributed by atoms with Crippen molar-refractivity contribution in [2.24, 2.45) is 5.41 Å². The predicted molar refractivity (Wildman–Crippen MR) is 69.8 cm³/mol. The zero-order valence-corrected chi connectivity index (χ0v) is 11.8. The summed E-state index contributed by atoms with van der Waals surface area (Å²) in [5.41, 5.74) is -1.01. The predicted octanol–water partition coefficient (Wildman–Crippen LogP) is 2.25. The number of hydrogen-bond donors (Lipinski definition) is 1. The second kappa shape index (κ2) is 3.84. The summed E-state index contributed by atoms with van der Waals surface area (Å²) in [5, 5.41) is 10.6. The summed E-state index contributed by atoms with van der Waals surface area (Å²) in [4.78, 5) is 0. The first-order chi connectivity index (χ1) is 8.16. The molecule has 0 saturated carbocycles. The Bertz CT molecular complexity index is 420. The third-order valence-corrected chi connectivity index (χ3v) is 4.32. The van der Waals surface area contributed by atoms with Crippen molar-refractivity contribution in [2.45, 2.75) is 64.6 Å². The van der Waals surface area contributed by atoms with E-state index < -0.39 is 16.8 Å². The van der Waals surface area contributed by atoms with Crippen molar-refractivity contribution in [3.05, 3.63) is 11.6 Å². The number of hydrogen-bond acceptors (Lipinski definition) is 3. The molecule has 0 unspecified atom stereocenters. The van der Waals surface area contributed by atoms with Crippen LogP contribution in [-0.2, 0) is 9.47 Å². The fourth-order valence-corrected chi connectivity index (χ4v) is 3.07. The first-order valence-electron chi connectivity index (χ1n) is 6.41. The Morgan fingerprint density at radius 3 is 2.22 bits per heavy atom. The van der Waals surface area contributed by atoms with Gasteiger partial charge in [-0.05, 0) is 32.4 Å². The van der Waals surface area contributed by atoms with Gasteiger partial charge >= 0.3 is 0 Å². The van der Waals surface area contributed by atoms with Crippen molar-refractivity contribution in [3.63, 3.8) is 0 Å². The molecule has 2 rings (SSSR count). The van der Waals surface area contributed by atoms with Gasteiger partial charge in [-0.25, -0.2) is 0 Å². The molecule has 1 aliphatic heterocycles. The van der Waals surface area contributed by atoms with E-state index in [2.05, 4.69) is 5.92 Å². The maximum atomic E-state index is 10.6. The summed E-state index contributed by atoms with van der Waals surface area (Å²) in [7, 11) is 0. The topological polar surface area (TPSA) is 38.7 Å². The molecule has 3 heteroatoms. The van der Waals surface area contributed by atoms with Gasteiger partial charge in [-0.1, -0.05) is 19.8 Å². The average molecular weight is 250 g/mol. The van der Waals surface area contributed by atoms with Crippen LogP contribution in [0.15, 0.2) is 11.6 Å². The maximum absolute atomic E-state index is 10.6. The Kier molecular flexibility index (Phi) is 2.90. The largest absolute Gasteiger partial charge is 0.373 e. The monoisotopic (exact) mass is 250 g/mol. The van der Waals surface area contributed by atoms with E-state index in [1.54, 1.807) is 0 Å². The van der Waals surface area contributed by atoms with Gasteiger partial charge in [-0.3, -0.25) is 0 Å². The van der Waals surface area contributed by atoms with E-state index in [0.29, 0.717) is 6.42 Å². The molecule has 0 bridgehead atoms. The smallest absolute Gasteiger partial charge is 0.189 e. The van der Waals surface area contributed by atoms with Crippen LogP contribution in [0.5, 0.6) is 0 Å². The third-order valence-electron chi connectivity index (χ3n) is 4.32. The van der Waals surface area contributed by atoms with Gasteiger partial charge in [0.25, 0.3) is 0 Å². The van der Waals surface area contributed by atoms with Crippen LogP contribution >= 0.6 is 0 Å². The van der Waals surface area contributed by atoms with Crippen LogP contribution in [0.25, 0.3) is 0 Å². The molecule has 2 aliphatic rings. The number of rotatable bonds is 0. The van der Waals surface area contributed by atoms with Crippen molar-refractivity contribution in [2.75, 3.05) is 0 Å². The van der Waals surface area contributed by atoms with E-state index in [1.807, 2.05) is 40.7 Å². The summed E-state index contributed by atoms with van der Waals surface area (Å²) in [6.07, 6.45) is 8.00. The zero-order chi connectivity index (χ0) is 13.8. The van der Waals surface area contributed by atoms with Gasteiger partial charge in [0.15, 0.2) is 11.4 Å². The van der Waals surface area contributed by atoms with Gasteiger partial charge in [0.2, 0.25) is 0 Å². The highest BCUT2D eigenvalue weighted by Gasteiger charge is 2.56. The Hall–Kier alpha value is -0.820. The van der Waals surface area contributed by atoms with Gasteiger partial charge in [0.05, 0.1) is 12.2 Å². The normalized spacial score (nSPS) is 41.5. The van der Waals surface area contributed by atoms with Gasteiger partial charge in [-0.15, -0.1) is 6.42 Å². The summed E-state index contributed by atoms with van der Waals surface area (Å²) < 4.78 is 11.9. The van der Waals surface area contributed by atoms with E-state index in [4.69, 9.17) is 15.9 Å². The fraction of sp³-hybridized carbons (Fsp3) is 0.733. The maximum Gasteiger partial charge on any atom is 0.189 e. The molecule has 0 aromatic heterocycles. The fourth-order valence-electron chi connectivity index (χ4n) is 3.07. The lowest BCUT2D eigenvalue weighted by molar-refractivity contribution is -0.182. The van der Waals surface area contributed by atoms with Crippen LogP contribution in [0.3, 0.4) is 0 Å². The number of ether oxygens (including phenoxy) is 2. The zero-order valence-electron chi connectivity index (χ0n) is 11.8. The van der Waals surface area contributed by atoms with Crippen molar-refractivity contribution >= 4 is 0 Å². The van der Waals surface area contributed by atoms with E-state index in [0.717, 1.165) is 5.57 Å².